The second kappa shape index (κ2) is 10.1. The van der Waals surface area contributed by atoms with Gasteiger partial charge in [0.1, 0.15) is 18.3 Å². The highest BCUT2D eigenvalue weighted by Crippen LogP contribution is 2.39. The fourth-order valence-electron chi connectivity index (χ4n) is 5.32. The molecule has 0 unspecified atom stereocenters. The molecule has 0 bridgehead atoms. The Balaban J connectivity index is 1.72. The molecule has 2 aliphatic heterocycles. The molecule has 0 radical (unpaired) electrons. The van der Waals surface area contributed by atoms with Crippen LogP contribution in [-0.2, 0) is 23.4 Å². The van der Waals surface area contributed by atoms with Gasteiger partial charge in [0.2, 0.25) is 0 Å². The van der Waals surface area contributed by atoms with E-state index < -0.39 is 44.4 Å². The van der Waals surface area contributed by atoms with Gasteiger partial charge in [-0.2, -0.15) is 0 Å². The van der Waals surface area contributed by atoms with Gasteiger partial charge in [-0.25, -0.2) is 4.79 Å². The van der Waals surface area contributed by atoms with Crippen molar-refractivity contribution < 1.29 is 28.5 Å². The lowest BCUT2D eigenvalue weighted by Crippen LogP contribution is -2.68. The minimum atomic E-state index is -2.82. The Hall–Kier alpha value is -2.49. The number of piperidine rings is 1. The maximum Gasteiger partial charge on any atom is 0.332 e. The number of methoxy groups -OCH3 is 1. The van der Waals surface area contributed by atoms with E-state index in [0.29, 0.717) is 5.70 Å². The number of carbonyl (C=O) groups is 1. The van der Waals surface area contributed by atoms with Crippen molar-refractivity contribution in [3.05, 3.63) is 72.4 Å². The van der Waals surface area contributed by atoms with Gasteiger partial charge in [-0.3, -0.25) is 0 Å². The van der Waals surface area contributed by atoms with Crippen LogP contribution >= 0.6 is 0 Å². The van der Waals surface area contributed by atoms with Crippen LogP contribution in [0.2, 0.25) is 5.04 Å². The van der Waals surface area contributed by atoms with Gasteiger partial charge in [0.15, 0.2) is 5.79 Å². The molecule has 4 rings (SSSR count). The van der Waals surface area contributed by atoms with E-state index in [1.54, 1.807) is 13.8 Å². The third-order valence-corrected chi connectivity index (χ3v) is 11.9. The summed E-state index contributed by atoms with van der Waals surface area (Å²) in [5, 5.41) is 16.7. The summed E-state index contributed by atoms with van der Waals surface area (Å²) in [6.45, 7) is 10.4. The Kier molecular flexibility index (Phi) is 7.46. The smallest absolute Gasteiger partial charge is 0.332 e. The third-order valence-electron chi connectivity index (χ3n) is 6.91. The molecule has 36 heavy (non-hydrogen) atoms. The average Bonchev–Trinajstić information content (AvgIpc) is 3.18. The van der Waals surface area contributed by atoms with Gasteiger partial charge in [0.25, 0.3) is 8.32 Å². The number of esters is 1. The fourth-order valence-corrected chi connectivity index (χ4v) is 9.90. The van der Waals surface area contributed by atoms with Crippen LogP contribution in [0.4, 0.5) is 0 Å². The maximum atomic E-state index is 12.1. The van der Waals surface area contributed by atoms with Gasteiger partial charge >= 0.3 is 5.97 Å². The molecule has 7 nitrogen and oxygen atoms in total. The first kappa shape index (κ1) is 26.6. The van der Waals surface area contributed by atoms with Gasteiger partial charge in [-0.05, 0) is 29.3 Å². The number of ether oxygens (including phenoxy) is 3. The molecule has 0 aromatic heterocycles. The first-order valence-corrected chi connectivity index (χ1v) is 14.2. The largest absolute Gasteiger partial charge is 0.466 e. The van der Waals surface area contributed by atoms with Crippen molar-refractivity contribution in [3.63, 3.8) is 0 Å². The molecule has 2 fully saturated rings. The van der Waals surface area contributed by atoms with E-state index >= 15 is 0 Å². The van der Waals surface area contributed by atoms with Crippen LogP contribution in [0.1, 0.15) is 34.6 Å². The molecule has 2 heterocycles. The molecule has 4 atom stereocenters. The number of carbonyl (C=O) groups excluding carboxylic acids is 1. The van der Waals surface area contributed by atoms with Crippen molar-refractivity contribution in [1.82, 2.24) is 5.32 Å². The Morgan fingerprint density at radius 3 is 2.11 bits per heavy atom. The van der Waals surface area contributed by atoms with E-state index in [1.807, 2.05) is 36.4 Å². The summed E-state index contributed by atoms with van der Waals surface area (Å²) in [7, 11) is -1.49. The van der Waals surface area contributed by atoms with Crippen LogP contribution in [0.15, 0.2) is 72.4 Å². The van der Waals surface area contributed by atoms with Crippen molar-refractivity contribution in [2.75, 3.05) is 13.7 Å². The predicted molar refractivity (Wildman–Crippen MR) is 140 cm³/mol. The first-order chi connectivity index (χ1) is 17.0. The van der Waals surface area contributed by atoms with Gasteiger partial charge in [-0.15, -0.1) is 0 Å². The second-order valence-corrected chi connectivity index (χ2v) is 15.2. The predicted octanol–water partition coefficient (Wildman–Crippen LogP) is 2.47. The average molecular weight is 512 g/mol. The van der Waals surface area contributed by atoms with Crippen molar-refractivity contribution in [2.45, 2.75) is 69.8 Å². The number of aliphatic hydroxyl groups excluding tert-OH is 1. The molecule has 8 heteroatoms. The lowest BCUT2D eigenvalue weighted by atomic mass is 9.93. The third kappa shape index (κ3) is 5.01. The number of hydrogen-bond donors (Lipinski definition) is 2. The van der Waals surface area contributed by atoms with Crippen LogP contribution in [0.25, 0.3) is 0 Å². The number of fused-ring (bicyclic) bond motifs is 1. The summed E-state index contributed by atoms with van der Waals surface area (Å²) in [6.07, 6.45) is -0.808. The zero-order chi connectivity index (χ0) is 26.1. The zero-order valence-electron chi connectivity index (χ0n) is 21.9. The van der Waals surface area contributed by atoms with Gasteiger partial charge in [-0.1, -0.05) is 81.4 Å². The normalized spacial score (nSPS) is 26.8. The summed E-state index contributed by atoms with van der Waals surface area (Å²) in [5.41, 5.74) is 0.513. The Bertz CT molecular complexity index is 1040. The van der Waals surface area contributed by atoms with Crippen molar-refractivity contribution in [3.8, 4) is 0 Å². The highest BCUT2D eigenvalue weighted by molar-refractivity contribution is 6.99. The lowest BCUT2D eigenvalue weighted by Gasteiger charge is -2.45. The Labute approximate surface area is 214 Å². The number of benzene rings is 2. The minimum absolute atomic E-state index is 0.208. The molecule has 2 saturated heterocycles. The number of hydrogen-bond acceptors (Lipinski definition) is 7. The number of nitrogens with one attached hydrogen (secondary N) is 1. The molecule has 2 aliphatic rings. The maximum absolute atomic E-state index is 12.1. The summed E-state index contributed by atoms with van der Waals surface area (Å²) in [4.78, 5) is 12.1. The van der Waals surface area contributed by atoms with Crippen LogP contribution in [0.3, 0.4) is 0 Å². The molecule has 2 aromatic rings. The molecular formula is C28H37NO6Si. The van der Waals surface area contributed by atoms with Crippen LogP contribution in [0, 0.1) is 0 Å². The van der Waals surface area contributed by atoms with Gasteiger partial charge in [0.05, 0.1) is 25.5 Å². The Morgan fingerprint density at radius 2 is 1.61 bits per heavy atom. The topological polar surface area (TPSA) is 86.3 Å². The molecule has 0 amide bonds. The van der Waals surface area contributed by atoms with Gasteiger partial charge < -0.3 is 29.1 Å². The van der Waals surface area contributed by atoms with E-state index in [-0.39, 0.29) is 11.6 Å². The van der Waals surface area contributed by atoms with Crippen LogP contribution in [-0.4, -0.2) is 63.3 Å². The zero-order valence-corrected chi connectivity index (χ0v) is 22.9. The molecule has 0 spiro atoms. The Morgan fingerprint density at radius 1 is 1.06 bits per heavy atom. The highest BCUT2D eigenvalue weighted by Gasteiger charge is 2.54. The van der Waals surface area contributed by atoms with Crippen LogP contribution < -0.4 is 15.7 Å². The van der Waals surface area contributed by atoms with E-state index in [9.17, 15) is 9.90 Å². The molecule has 194 valence electrons. The van der Waals surface area contributed by atoms with E-state index in [2.05, 4.69) is 50.4 Å². The minimum Gasteiger partial charge on any atom is -0.466 e. The van der Waals surface area contributed by atoms with E-state index in [0.717, 1.165) is 10.4 Å². The summed E-state index contributed by atoms with van der Waals surface area (Å²) in [6, 6.07) is 20.2. The van der Waals surface area contributed by atoms with Crippen molar-refractivity contribution in [2.24, 2.45) is 0 Å². The van der Waals surface area contributed by atoms with E-state index in [1.165, 1.54) is 13.2 Å². The monoisotopic (exact) mass is 511 g/mol. The first-order valence-electron chi connectivity index (χ1n) is 12.3. The quantitative estimate of drug-likeness (QED) is 0.350. The molecule has 2 aromatic carbocycles. The van der Waals surface area contributed by atoms with Crippen molar-refractivity contribution in [1.29, 1.82) is 0 Å². The fraction of sp³-hybridized carbons (Fsp3) is 0.464. The molecule has 0 aliphatic carbocycles. The highest BCUT2D eigenvalue weighted by atomic mass is 28.4. The second-order valence-electron chi connectivity index (χ2n) is 10.9. The van der Waals surface area contributed by atoms with E-state index in [4.69, 9.17) is 18.6 Å². The summed E-state index contributed by atoms with van der Waals surface area (Å²) < 4.78 is 24.0. The standard InChI is InChI=1S/C28H37NO6Si/c1-27(2,3)36(19-13-9-7-10-14-19,20-15-11-8-12-16-20)33-18-22-24(31)26-25(34-28(4,5)35-26)21(29-22)17-23(30)32-6/h7-17,22,24-26,29,31H,18H2,1-6H3/b21-17-/t22-,24+,25+,26-/m0/s1. The summed E-state index contributed by atoms with van der Waals surface area (Å²) in [5.74, 6) is -1.41. The number of rotatable bonds is 6. The van der Waals surface area contributed by atoms with Gasteiger partial charge in [0, 0.05) is 6.08 Å². The SMILES string of the molecule is COC(=O)/C=C1\N[C@@H](CO[Si](c2ccccc2)(c2ccccc2)C(C)(C)C)[C@@H](O)[C@@H]2OC(C)(C)O[C@H]12. The van der Waals surface area contributed by atoms with Crippen LogP contribution in [0.5, 0.6) is 0 Å². The van der Waals surface area contributed by atoms with Crippen molar-refractivity contribution >= 4 is 24.7 Å². The molecule has 0 saturated carbocycles. The number of aliphatic hydroxyl groups is 1. The molecule has 2 N–H and O–H groups in total. The lowest BCUT2D eigenvalue weighted by molar-refractivity contribution is -0.154. The molecular weight excluding hydrogens is 474 g/mol. The summed E-state index contributed by atoms with van der Waals surface area (Å²) >= 11 is 0.